The quantitative estimate of drug-likeness (QED) is 0.594. The average Bonchev–Trinajstić information content (AvgIpc) is 2.33. The number of hydrogen-bond donors (Lipinski definition) is 3. The molecule has 0 aliphatic heterocycles. The van der Waals surface area contributed by atoms with Crippen LogP contribution in [-0.4, -0.2) is 40.2 Å². The van der Waals surface area contributed by atoms with Gasteiger partial charge < -0.3 is 20.9 Å². The lowest BCUT2D eigenvalue weighted by atomic mass is 10.3. The van der Waals surface area contributed by atoms with Gasteiger partial charge in [-0.2, -0.15) is 0 Å². The third-order valence-corrected chi connectivity index (χ3v) is 1.90. The highest BCUT2D eigenvalue weighted by Gasteiger charge is 2.10. The lowest BCUT2D eigenvalue weighted by Crippen LogP contribution is -2.34. The molecule has 1 heterocycles. The maximum atomic E-state index is 10.6. The Morgan fingerprint density at radius 3 is 3.06 bits per heavy atom. The first kappa shape index (κ1) is 13.2. The summed E-state index contributed by atoms with van der Waals surface area (Å²) in [5, 5.41) is 11.9. The van der Waals surface area contributed by atoms with E-state index >= 15 is 0 Å². The molecule has 1 atom stereocenters. The molecule has 7 heteroatoms. The van der Waals surface area contributed by atoms with Gasteiger partial charge in [-0.1, -0.05) is 6.92 Å². The highest BCUT2D eigenvalue weighted by atomic mass is 16.5. The van der Waals surface area contributed by atoms with Crippen molar-refractivity contribution in [3.63, 3.8) is 0 Å². The maximum Gasteiger partial charge on any atom is 0.248 e. The summed E-state index contributed by atoms with van der Waals surface area (Å²) in [6.45, 7) is 2.56. The van der Waals surface area contributed by atoms with E-state index in [9.17, 15) is 9.90 Å². The first-order valence-corrected chi connectivity index (χ1v) is 5.29. The number of anilines is 1. The number of carbonyl (C=O) groups excluding carboxylic acids is 1. The van der Waals surface area contributed by atoms with Crippen molar-refractivity contribution in [2.45, 2.75) is 19.4 Å². The third kappa shape index (κ3) is 4.64. The van der Waals surface area contributed by atoms with Crippen molar-refractivity contribution in [2.24, 2.45) is 5.73 Å². The number of aliphatic hydroxyl groups excluding tert-OH is 1. The van der Waals surface area contributed by atoms with E-state index in [1.54, 1.807) is 6.07 Å². The zero-order valence-corrected chi connectivity index (χ0v) is 9.59. The number of ether oxygens (including phenoxy) is 1. The smallest absolute Gasteiger partial charge is 0.248 e. The predicted molar refractivity (Wildman–Crippen MR) is 61.5 cm³/mol. The van der Waals surface area contributed by atoms with Gasteiger partial charge in [-0.05, 0) is 6.42 Å². The Morgan fingerprint density at radius 2 is 2.41 bits per heavy atom. The lowest BCUT2D eigenvalue weighted by Gasteiger charge is -2.09. The highest BCUT2D eigenvalue weighted by molar-refractivity contribution is 5.79. The minimum absolute atomic E-state index is 0.000432. The molecule has 0 aromatic carbocycles. The predicted octanol–water partition coefficient (Wildman–Crippen LogP) is -0.476. The summed E-state index contributed by atoms with van der Waals surface area (Å²) < 4.78 is 5.30. The Balaban J connectivity index is 2.50. The van der Waals surface area contributed by atoms with Crippen molar-refractivity contribution in [3.05, 3.63) is 12.4 Å². The van der Waals surface area contributed by atoms with Crippen LogP contribution in [0.15, 0.2) is 12.4 Å². The average molecular weight is 240 g/mol. The van der Waals surface area contributed by atoms with Crippen LogP contribution in [0.2, 0.25) is 0 Å². The van der Waals surface area contributed by atoms with Gasteiger partial charge >= 0.3 is 0 Å². The second-order valence-electron chi connectivity index (χ2n) is 3.39. The molecule has 0 saturated heterocycles. The van der Waals surface area contributed by atoms with Crippen LogP contribution in [0.3, 0.4) is 0 Å². The number of nitrogens with one attached hydrogen (secondary N) is 1. The molecular weight excluding hydrogens is 224 g/mol. The standard InChI is InChI=1S/C10H16N4O3/c1-2-3-17-9-4-8(13-6-14-9)12-5-7(15)10(11)16/h4,6-7,15H,2-3,5H2,1H3,(H2,11,16)(H,12,13,14). The van der Waals surface area contributed by atoms with E-state index in [0.717, 1.165) is 6.42 Å². The zero-order valence-electron chi connectivity index (χ0n) is 9.59. The first-order chi connectivity index (χ1) is 8.13. The normalized spacial score (nSPS) is 11.9. The fourth-order valence-electron chi connectivity index (χ4n) is 1.02. The van der Waals surface area contributed by atoms with Gasteiger partial charge in [0.2, 0.25) is 11.8 Å². The minimum atomic E-state index is -1.25. The van der Waals surface area contributed by atoms with Crippen molar-refractivity contribution < 1.29 is 14.6 Å². The molecule has 94 valence electrons. The number of nitrogens with two attached hydrogens (primary N) is 1. The second-order valence-corrected chi connectivity index (χ2v) is 3.39. The van der Waals surface area contributed by atoms with E-state index in [1.165, 1.54) is 6.33 Å². The van der Waals surface area contributed by atoms with Crippen LogP contribution in [0.4, 0.5) is 5.82 Å². The number of aromatic nitrogens is 2. The molecule has 1 amide bonds. The molecule has 1 unspecified atom stereocenters. The van der Waals surface area contributed by atoms with Gasteiger partial charge in [0.1, 0.15) is 18.2 Å². The summed E-state index contributed by atoms with van der Waals surface area (Å²) in [4.78, 5) is 18.4. The maximum absolute atomic E-state index is 10.6. The van der Waals surface area contributed by atoms with E-state index in [4.69, 9.17) is 10.5 Å². The lowest BCUT2D eigenvalue weighted by molar-refractivity contribution is -0.125. The van der Waals surface area contributed by atoms with E-state index in [2.05, 4.69) is 15.3 Å². The Bertz CT molecular complexity index is 372. The van der Waals surface area contributed by atoms with Crippen LogP contribution in [0.5, 0.6) is 5.88 Å². The number of nitrogens with zero attached hydrogens (tertiary/aromatic N) is 2. The number of hydrogen-bond acceptors (Lipinski definition) is 6. The summed E-state index contributed by atoms with van der Waals surface area (Å²) >= 11 is 0. The topological polar surface area (TPSA) is 110 Å². The Kier molecular flexibility index (Phi) is 5.15. The van der Waals surface area contributed by atoms with Gasteiger partial charge in [-0.3, -0.25) is 4.79 Å². The highest BCUT2D eigenvalue weighted by Crippen LogP contribution is 2.10. The number of rotatable bonds is 7. The molecule has 0 bridgehead atoms. The van der Waals surface area contributed by atoms with Gasteiger partial charge in [0.15, 0.2) is 0 Å². The molecule has 0 aliphatic carbocycles. The first-order valence-electron chi connectivity index (χ1n) is 5.29. The van der Waals surface area contributed by atoms with Crippen LogP contribution in [0.1, 0.15) is 13.3 Å². The van der Waals surface area contributed by atoms with Crippen LogP contribution in [-0.2, 0) is 4.79 Å². The van der Waals surface area contributed by atoms with Crippen molar-refractivity contribution in [1.29, 1.82) is 0 Å². The molecule has 1 aromatic rings. The summed E-state index contributed by atoms with van der Waals surface area (Å²) in [6, 6.07) is 1.59. The molecule has 0 radical (unpaired) electrons. The summed E-state index contributed by atoms with van der Waals surface area (Å²) in [5.74, 6) is 0.123. The van der Waals surface area contributed by atoms with Gasteiger partial charge in [0, 0.05) is 6.07 Å². The van der Waals surface area contributed by atoms with Gasteiger partial charge in [-0.15, -0.1) is 0 Å². The van der Waals surface area contributed by atoms with Crippen LogP contribution >= 0.6 is 0 Å². The Hall–Kier alpha value is -1.89. The fraction of sp³-hybridized carbons (Fsp3) is 0.500. The molecule has 0 saturated carbocycles. The fourth-order valence-corrected chi connectivity index (χ4v) is 1.02. The molecule has 17 heavy (non-hydrogen) atoms. The Morgan fingerprint density at radius 1 is 1.65 bits per heavy atom. The minimum Gasteiger partial charge on any atom is -0.478 e. The van der Waals surface area contributed by atoms with Crippen molar-refractivity contribution in [3.8, 4) is 5.88 Å². The summed E-state index contributed by atoms with van der Waals surface area (Å²) in [7, 11) is 0. The third-order valence-electron chi connectivity index (χ3n) is 1.90. The summed E-state index contributed by atoms with van der Waals surface area (Å²) in [5.41, 5.74) is 4.91. The molecule has 1 rings (SSSR count). The largest absolute Gasteiger partial charge is 0.478 e. The molecule has 1 aromatic heterocycles. The van der Waals surface area contributed by atoms with Crippen molar-refractivity contribution in [2.75, 3.05) is 18.5 Å². The molecule has 0 fully saturated rings. The van der Waals surface area contributed by atoms with Crippen molar-refractivity contribution >= 4 is 11.7 Å². The summed E-state index contributed by atoms with van der Waals surface area (Å²) in [6.07, 6.45) is 0.974. The monoisotopic (exact) mass is 240 g/mol. The number of aliphatic hydroxyl groups is 1. The zero-order chi connectivity index (χ0) is 12.7. The number of amides is 1. The van der Waals surface area contributed by atoms with Gasteiger partial charge in [-0.25, -0.2) is 9.97 Å². The van der Waals surface area contributed by atoms with E-state index in [1.807, 2.05) is 6.92 Å². The molecular formula is C10H16N4O3. The van der Waals surface area contributed by atoms with Gasteiger partial charge in [0.25, 0.3) is 0 Å². The Labute approximate surface area is 99.0 Å². The number of carbonyl (C=O) groups is 1. The molecule has 4 N–H and O–H groups in total. The number of primary amides is 1. The van der Waals surface area contributed by atoms with Crippen LogP contribution in [0.25, 0.3) is 0 Å². The molecule has 0 spiro atoms. The van der Waals surface area contributed by atoms with Crippen LogP contribution in [0, 0.1) is 0 Å². The van der Waals surface area contributed by atoms with E-state index in [0.29, 0.717) is 18.3 Å². The van der Waals surface area contributed by atoms with Crippen LogP contribution < -0.4 is 15.8 Å². The van der Waals surface area contributed by atoms with Gasteiger partial charge in [0.05, 0.1) is 13.2 Å². The molecule has 7 nitrogen and oxygen atoms in total. The van der Waals surface area contributed by atoms with E-state index < -0.39 is 12.0 Å². The van der Waals surface area contributed by atoms with Crippen molar-refractivity contribution in [1.82, 2.24) is 9.97 Å². The second kappa shape index (κ2) is 6.64. The SMILES string of the molecule is CCCOc1cc(NCC(O)C(N)=O)ncn1. The molecule has 0 aliphatic rings. The van der Waals surface area contributed by atoms with E-state index in [-0.39, 0.29) is 6.54 Å².